The molecule has 0 saturated carbocycles. The summed E-state index contributed by atoms with van der Waals surface area (Å²) >= 11 is 0. The Balaban J connectivity index is 1.97. The van der Waals surface area contributed by atoms with E-state index < -0.39 is 5.97 Å². The van der Waals surface area contributed by atoms with E-state index in [0.29, 0.717) is 12.2 Å². The lowest BCUT2D eigenvalue weighted by Gasteiger charge is -2.21. The van der Waals surface area contributed by atoms with E-state index >= 15 is 0 Å². The van der Waals surface area contributed by atoms with Crippen molar-refractivity contribution >= 4 is 23.5 Å². The molecule has 0 bridgehead atoms. The van der Waals surface area contributed by atoms with Crippen LogP contribution in [-0.4, -0.2) is 36.3 Å². The number of benzene rings is 2. The first kappa shape index (κ1) is 20.2. The number of para-hydroxylation sites is 1. The maximum atomic E-state index is 12.3. The number of rotatable bonds is 7. The molecule has 6 heteroatoms. The molecule has 0 radical (unpaired) electrons. The fourth-order valence-corrected chi connectivity index (χ4v) is 2.59. The van der Waals surface area contributed by atoms with E-state index in [2.05, 4.69) is 5.32 Å². The van der Waals surface area contributed by atoms with Gasteiger partial charge in [0.15, 0.2) is 0 Å². The van der Waals surface area contributed by atoms with Crippen LogP contribution >= 0.6 is 0 Å². The lowest BCUT2D eigenvalue weighted by atomic mass is 10.1. The largest absolute Gasteiger partial charge is 0.465 e. The molecule has 2 aromatic carbocycles. The second-order valence-electron chi connectivity index (χ2n) is 6.26. The molecule has 0 heterocycles. The van der Waals surface area contributed by atoms with E-state index in [9.17, 15) is 14.4 Å². The van der Waals surface area contributed by atoms with Gasteiger partial charge in [-0.05, 0) is 24.6 Å². The topological polar surface area (TPSA) is 75.7 Å². The van der Waals surface area contributed by atoms with Gasteiger partial charge in [0.1, 0.15) is 0 Å². The highest BCUT2D eigenvalue weighted by molar-refractivity contribution is 6.01. The molecule has 6 nitrogen and oxygen atoms in total. The van der Waals surface area contributed by atoms with E-state index in [4.69, 9.17) is 4.74 Å². The maximum absolute atomic E-state index is 12.3. The third-order valence-corrected chi connectivity index (χ3v) is 4.15. The predicted octanol–water partition coefficient (Wildman–Crippen LogP) is 3.16. The predicted molar refractivity (Wildman–Crippen MR) is 103 cm³/mol. The number of hydrogen-bond acceptors (Lipinski definition) is 4. The van der Waals surface area contributed by atoms with Gasteiger partial charge in [0.25, 0.3) is 0 Å². The van der Waals surface area contributed by atoms with Gasteiger partial charge >= 0.3 is 5.97 Å². The Hall–Kier alpha value is -3.15. The van der Waals surface area contributed by atoms with Gasteiger partial charge in [0, 0.05) is 26.4 Å². The lowest BCUT2D eigenvalue weighted by molar-refractivity contribution is -0.129. The van der Waals surface area contributed by atoms with Crippen LogP contribution in [-0.2, 0) is 20.9 Å². The molecule has 0 aliphatic heterocycles. The first-order valence-electron chi connectivity index (χ1n) is 8.69. The van der Waals surface area contributed by atoms with Gasteiger partial charge in [-0.2, -0.15) is 0 Å². The Morgan fingerprint density at radius 1 is 1.04 bits per heavy atom. The van der Waals surface area contributed by atoms with Crippen molar-refractivity contribution in [2.75, 3.05) is 19.0 Å². The van der Waals surface area contributed by atoms with Crippen LogP contribution in [0.15, 0.2) is 48.5 Å². The number of carbonyl (C=O) groups is 3. The summed E-state index contributed by atoms with van der Waals surface area (Å²) in [6.07, 6.45) is 0.126. The summed E-state index contributed by atoms with van der Waals surface area (Å²) < 4.78 is 4.72. The van der Waals surface area contributed by atoms with Crippen LogP contribution in [0.25, 0.3) is 0 Å². The molecule has 0 spiro atoms. The molecule has 142 valence electrons. The molecule has 0 aliphatic rings. The second-order valence-corrected chi connectivity index (χ2v) is 6.26. The van der Waals surface area contributed by atoms with Crippen LogP contribution in [0.1, 0.15) is 34.8 Å². The quantitative estimate of drug-likeness (QED) is 0.762. The Kier molecular flexibility index (Phi) is 7.11. The minimum absolute atomic E-state index is 0.0988. The van der Waals surface area contributed by atoms with E-state index in [-0.39, 0.29) is 30.3 Å². The number of ether oxygens (including phenoxy) is 1. The van der Waals surface area contributed by atoms with Crippen LogP contribution in [0.5, 0.6) is 0 Å². The molecule has 0 unspecified atom stereocenters. The van der Waals surface area contributed by atoms with Crippen LogP contribution in [0.2, 0.25) is 0 Å². The van der Waals surface area contributed by atoms with Crippen molar-refractivity contribution in [1.29, 1.82) is 0 Å². The molecule has 2 rings (SSSR count). The number of methoxy groups -OCH3 is 1. The minimum Gasteiger partial charge on any atom is -0.465 e. The van der Waals surface area contributed by atoms with Crippen molar-refractivity contribution in [3.63, 3.8) is 0 Å². The molecule has 2 aromatic rings. The number of esters is 1. The summed E-state index contributed by atoms with van der Waals surface area (Å²) in [5.41, 5.74) is 2.84. The van der Waals surface area contributed by atoms with Gasteiger partial charge in [-0.15, -0.1) is 0 Å². The van der Waals surface area contributed by atoms with E-state index in [1.165, 1.54) is 14.0 Å². The summed E-state index contributed by atoms with van der Waals surface area (Å²) in [4.78, 5) is 37.6. The molecule has 2 amide bonds. The molecule has 0 saturated heterocycles. The fourth-order valence-electron chi connectivity index (χ4n) is 2.59. The third kappa shape index (κ3) is 5.95. The summed E-state index contributed by atoms with van der Waals surface area (Å²) in [7, 11) is 1.29. The zero-order valence-electron chi connectivity index (χ0n) is 15.8. The SMILES string of the molecule is COC(=O)c1ccccc1NC(=O)CCN(Cc1ccc(C)cc1)C(C)=O. The van der Waals surface area contributed by atoms with E-state index in [0.717, 1.165) is 11.1 Å². The minimum atomic E-state index is -0.518. The molecule has 0 atom stereocenters. The number of anilines is 1. The van der Waals surface area contributed by atoms with Gasteiger partial charge < -0.3 is 15.0 Å². The molecular formula is C21H24N2O4. The standard InChI is InChI=1S/C21H24N2O4/c1-15-8-10-17(11-9-15)14-23(16(2)24)13-12-20(25)22-19-7-5-4-6-18(19)21(26)27-3/h4-11H,12-14H2,1-3H3,(H,22,25). The van der Waals surface area contributed by atoms with Crippen molar-refractivity contribution in [3.8, 4) is 0 Å². The molecule has 1 N–H and O–H groups in total. The number of nitrogens with one attached hydrogen (secondary N) is 1. The normalized spacial score (nSPS) is 10.2. The number of carbonyl (C=O) groups excluding carboxylic acids is 3. The zero-order chi connectivity index (χ0) is 19.8. The monoisotopic (exact) mass is 368 g/mol. The van der Waals surface area contributed by atoms with E-state index in [1.807, 2.05) is 31.2 Å². The van der Waals surface area contributed by atoms with Gasteiger partial charge in [-0.25, -0.2) is 4.79 Å². The van der Waals surface area contributed by atoms with Gasteiger partial charge in [0.2, 0.25) is 11.8 Å². The highest BCUT2D eigenvalue weighted by Crippen LogP contribution is 2.16. The van der Waals surface area contributed by atoms with Crippen LogP contribution in [0, 0.1) is 6.92 Å². The van der Waals surface area contributed by atoms with Crippen molar-refractivity contribution in [2.24, 2.45) is 0 Å². The summed E-state index contributed by atoms with van der Waals surface area (Å²) in [6, 6.07) is 14.6. The molecule has 0 aliphatic carbocycles. The summed E-state index contributed by atoms with van der Waals surface area (Å²) in [5, 5.41) is 2.71. The van der Waals surface area contributed by atoms with Gasteiger partial charge in [0.05, 0.1) is 18.4 Å². The van der Waals surface area contributed by atoms with Crippen LogP contribution < -0.4 is 5.32 Å². The Labute approximate surface area is 159 Å². The Bertz CT molecular complexity index is 815. The van der Waals surface area contributed by atoms with Crippen LogP contribution in [0.3, 0.4) is 0 Å². The zero-order valence-corrected chi connectivity index (χ0v) is 15.8. The fraction of sp³-hybridized carbons (Fsp3) is 0.286. The molecule has 0 fully saturated rings. The van der Waals surface area contributed by atoms with Crippen LogP contribution in [0.4, 0.5) is 5.69 Å². The number of nitrogens with zero attached hydrogens (tertiary/aromatic N) is 1. The summed E-state index contributed by atoms with van der Waals surface area (Å²) in [5.74, 6) is -0.893. The molecule has 0 aromatic heterocycles. The van der Waals surface area contributed by atoms with Crippen molar-refractivity contribution in [2.45, 2.75) is 26.8 Å². The first-order valence-corrected chi connectivity index (χ1v) is 8.69. The summed E-state index contributed by atoms with van der Waals surface area (Å²) in [6.45, 7) is 4.22. The first-order chi connectivity index (χ1) is 12.9. The third-order valence-electron chi connectivity index (χ3n) is 4.15. The second kappa shape index (κ2) is 9.52. The van der Waals surface area contributed by atoms with Gasteiger partial charge in [-0.3, -0.25) is 9.59 Å². The Morgan fingerprint density at radius 2 is 1.70 bits per heavy atom. The molecule has 27 heavy (non-hydrogen) atoms. The molecular weight excluding hydrogens is 344 g/mol. The van der Waals surface area contributed by atoms with E-state index in [1.54, 1.807) is 29.2 Å². The Morgan fingerprint density at radius 3 is 2.33 bits per heavy atom. The smallest absolute Gasteiger partial charge is 0.339 e. The highest BCUT2D eigenvalue weighted by Gasteiger charge is 2.15. The average molecular weight is 368 g/mol. The highest BCUT2D eigenvalue weighted by atomic mass is 16.5. The number of aryl methyl sites for hydroxylation is 1. The number of amides is 2. The maximum Gasteiger partial charge on any atom is 0.339 e. The average Bonchev–Trinajstić information content (AvgIpc) is 2.66. The lowest BCUT2D eigenvalue weighted by Crippen LogP contribution is -2.31. The number of hydrogen-bond donors (Lipinski definition) is 1. The van der Waals surface area contributed by atoms with Crippen molar-refractivity contribution < 1.29 is 19.1 Å². The van der Waals surface area contributed by atoms with Gasteiger partial charge in [-0.1, -0.05) is 42.0 Å². The van der Waals surface area contributed by atoms with Crippen molar-refractivity contribution in [3.05, 3.63) is 65.2 Å². The van der Waals surface area contributed by atoms with Crippen molar-refractivity contribution in [1.82, 2.24) is 4.90 Å².